The van der Waals surface area contributed by atoms with Crippen molar-refractivity contribution in [1.29, 1.82) is 5.26 Å². The van der Waals surface area contributed by atoms with E-state index >= 15 is 0 Å². The van der Waals surface area contributed by atoms with Crippen molar-refractivity contribution in [3.8, 4) is 90.4 Å². The summed E-state index contributed by atoms with van der Waals surface area (Å²) in [4.78, 5) is 10.7. The first-order valence-corrected chi connectivity index (χ1v) is 28.0. The van der Waals surface area contributed by atoms with Crippen LogP contribution in [0.5, 0.6) is 0 Å². The lowest BCUT2D eigenvalue weighted by atomic mass is 9.91. The molecule has 0 aliphatic heterocycles. The molecule has 0 saturated heterocycles. The molecule has 0 aliphatic carbocycles. The van der Waals surface area contributed by atoms with Crippen molar-refractivity contribution in [3.63, 3.8) is 0 Å². The van der Waals surface area contributed by atoms with Crippen LogP contribution in [0.4, 0.5) is 0 Å². The summed E-state index contributed by atoms with van der Waals surface area (Å²) < 4.78 is 7.23. The molecule has 0 spiro atoms. The Morgan fingerprint density at radius 1 is 0.265 bits per heavy atom. The van der Waals surface area contributed by atoms with Crippen molar-refractivity contribution >= 4 is 65.4 Å². The topological polar surface area (TPSA) is 64.4 Å². The van der Waals surface area contributed by atoms with Gasteiger partial charge in [-0.2, -0.15) is 5.26 Å². The second-order valence-electron chi connectivity index (χ2n) is 21.2. The summed E-state index contributed by atoms with van der Waals surface area (Å²) in [7, 11) is 0. The van der Waals surface area contributed by atoms with Crippen LogP contribution >= 0.6 is 0 Å². The molecule has 6 heteroatoms. The molecule has 0 bridgehead atoms. The van der Waals surface area contributed by atoms with E-state index in [-0.39, 0.29) is 0 Å². The zero-order valence-corrected chi connectivity index (χ0v) is 44.9. The average molecular weight is 1060 g/mol. The summed E-state index contributed by atoms with van der Waals surface area (Å²) in [5, 5.41) is 17.1. The van der Waals surface area contributed by atoms with Crippen molar-refractivity contribution in [2.24, 2.45) is 0 Å². The normalized spacial score (nSPS) is 11.6. The summed E-state index contributed by atoms with van der Waals surface area (Å²) in [6.07, 6.45) is 0. The smallest absolute Gasteiger partial charge is 0.160 e. The third kappa shape index (κ3) is 7.94. The summed E-state index contributed by atoms with van der Waals surface area (Å²) in [6.45, 7) is 0. The minimum absolute atomic E-state index is 0.628. The van der Waals surface area contributed by atoms with Gasteiger partial charge in [-0.15, -0.1) is 0 Å². The summed E-state index contributed by atoms with van der Waals surface area (Å²) in [5.41, 5.74) is 21.3. The van der Waals surface area contributed by atoms with Crippen LogP contribution in [0.1, 0.15) is 5.56 Å². The molecule has 0 amide bonds. The van der Waals surface area contributed by atoms with Crippen LogP contribution in [0.3, 0.4) is 0 Å². The predicted molar refractivity (Wildman–Crippen MR) is 342 cm³/mol. The minimum atomic E-state index is 0.628. The Morgan fingerprint density at radius 2 is 0.651 bits per heavy atom. The van der Waals surface area contributed by atoms with E-state index < -0.39 is 0 Å². The maximum atomic E-state index is 9.95. The molecule has 4 heterocycles. The summed E-state index contributed by atoms with van der Waals surface area (Å²) in [6, 6.07) is 106. The van der Waals surface area contributed by atoms with Crippen molar-refractivity contribution in [2.75, 3.05) is 0 Å². The lowest BCUT2D eigenvalue weighted by molar-refractivity contribution is 1.16. The maximum Gasteiger partial charge on any atom is 0.160 e. The average Bonchev–Trinajstić information content (AvgIpc) is 3.93. The molecule has 0 N–H and O–H groups in total. The van der Waals surface area contributed by atoms with Gasteiger partial charge in [-0.05, 0) is 119 Å². The van der Waals surface area contributed by atoms with Gasteiger partial charge in [-0.25, -0.2) is 9.97 Å². The molecular formula is C77H48N6. The lowest BCUT2D eigenvalue weighted by Gasteiger charge is -2.22. The third-order valence-electron chi connectivity index (χ3n) is 16.5. The monoisotopic (exact) mass is 1060 g/mol. The highest BCUT2D eigenvalue weighted by Gasteiger charge is 2.24. The van der Waals surface area contributed by atoms with Gasteiger partial charge in [0.2, 0.25) is 0 Å². The van der Waals surface area contributed by atoms with Gasteiger partial charge >= 0.3 is 0 Å². The van der Waals surface area contributed by atoms with E-state index in [0.717, 1.165) is 122 Å². The van der Waals surface area contributed by atoms with E-state index in [4.69, 9.17) is 9.97 Å². The molecule has 16 rings (SSSR count). The molecule has 0 radical (unpaired) electrons. The number of nitrogens with zero attached hydrogens (tertiary/aromatic N) is 6. The second-order valence-corrected chi connectivity index (χ2v) is 21.2. The number of hydrogen-bond acceptors (Lipinski definition) is 3. The van der Waals surface area contributed by atoms with Gasteiger partial charge in [-0.1, -0.05) is 194 Å². The zero-order valence-electron chi connectivity index (χ0n) is 44.9. The molecule has 0 fully saturated rings. The Bertz CT molecular complexity index is 4910. The SMILES string of the molecule is N#Cc1cccc(-c2ccc3c(c2)c2ccccc2n3-c2c(-c3ccc(-n4c5ccccc5c5ccccc54)cc3)cc(-c3cc(-c4ccccc4)nc(-c4ccccc4)n3)cc2-c2ccc(-n3c4ccccc4c4ccccc43)cc2)c1. The highest BCUT2D eigenvalue weighted by molar-refractivity contribution is 6.13. The third-order valence-corrected chi connectivity index (χ3v) is 16.5. The summed E-state index contributed by atoms with van der Waals surface area (Å²) >= 11 is 0. The number of para-hydroxylation sites is 5. The van der Waals surface area contributed by atoms with Gasteiger partial charge in [0.1, 0.15) is 0 Å². The first kappa shape index (κ1) is 47.6. The fourth-order valence-corrected chi connectivity index (χ4v) is 12.7. The van der Waals surface area contributed by atoms with Gasteiger partial charge in [0.25, 0.3) is 0 Å². The highest BCUT2D eigenvalue weighted by Crippen LogP contribution is 2.46. The molecule has 386 valence electrons. The van der Waals surface area contributed by atoms with Gasteiger partial charge in [0, 0.05) is 71.5 Å². The Morgan fingerprint density at radius 3 is 1.14 bits per heavy atom. The van der Waals surface area contributed by atoms with Crippen molar-refractivity contribution in [1.82, 2.24) is 23.7 Å². The van der Waals surface area contributed by atoms with E-state index in [1.165, 1.54) is 21.5 Å². The molecule has 83 heavy (non-hydrogen) atoms. The fraction of sp³-hybridized carbons (Fsp3) is 0. The molecule has 0 saturated carbocycles. The maximum absolute atomic E-state index is 9.95. The highest BCUT2D eigenvalue weighted by atomic mass is 15.0. The van der Waals surface area contributed by atoms with Crippen molar-refractivity contribution in [3.05, 3.63) is 297 Å². The van der Waals surface area contributed by atoms with Crippen molar-refractivity contribution in [2.45, 2.75) is 0 Å². The molecule has 0 aliphatic rings. The number of hydrogen-bond donors (Lipinski definition) is 0. The fourth-order valence-electron chi connectivity index (χ4n) is 12.7. The van der Waals surface area contributed by atoms with Crippen LogP contribution in [0.25, 0.3) is 150 Å². The Labute approximate surface area is 478 Å². The van der Waals surface area contributed by atoms with Gasteiger partial charge in [0.05, 0.1) is 61.8 Å². The number of benzene rings is 12. The number of aromatic nitrogens is 5. The van der Waals surface area contributed by atoms with E-state index in [1.807, 2.05) is 42.5 Å². The molecule has 6 nitrogen and oxygen atoms in total. The van der Waals surface area contributed by atoms with Crippen LogP contribution in [-0.2, 0) is 0 Å². The first-order chi connectivity index (χ1) is 41.1. The minimum Gasteiger partial charge on any atom is -0.309 e. The van der Waals surface area contributed by atoms with E-state index in [9.17, 15) is 5.26 Å². The lowest BCUT2D eigenvalue weighted by Crippen LogP contribution is -2.03. The van der Waals surface area contributed by atoms with E-state index in [1.54, 1.807) is 0 Å². The Kier molecular flexibility index (Phi) is 11.2. The first-order valence-electron chi connectivity index (χ1n) is 28.0. The Hall–Kier alpha value is -11.4. The van der Waals surface area contributed by atoms with Gasteiger partial charge < -0.3 is 13.7 Å². The van der Waals surface area contributed by atoms with Crippen LogP contribution in [0.15, 0.2) is 291 Å². The van der Waals surface area contributed by atoms with E-state index in [0.29, 0.717) is 11.4 Å². The molecule has 0 unspecified atom stereocenters. The number of rotatable bonds is 9. The van der Waals surface area contributed by atoms with Gasteiger partial charge in [0.15, 0.2) is 5.82 Å². The predicted octanol–water partition coefficient (Wildman–Crippen LogP) is 19.6. The molecule has 12 aromatic carbocycles. The quantitative estimate of drug-likeness (QED) is 0.145. The summed E-state index contributed by atoms with van der Waals surface area (Å²) in [5.74, 6) is 0.652. The van der Waals surface area contributed by atoms with Crippen LogP contribution < -0.4 is 0 Å². The number of fused-ring (bicyclic) bond motifs is 9. The van der Waals surface area contributed by atoms with Crippen LogP contribution in [0, 0.1) is 11.3 Å². The van der Waals surface area contributed by atoms with Gasteiger partial charge in [-0.3, -0.25) is 0 Å². The molecule has 16 aromatic rings. The Balaban J connectivity index is 0.993. The molecule has 4 aromatic heterocycles. The second kappa shape index (κ2) is 19.5. The molecular weight excluding hydrogens is 1010 g/mol. The van der Waals surface area contributed by atoms with Crippen LogP contribution in [-0.4, -0.2) is 23.7 Å². The zero-order chi connectivity index (χ0) is 55.0. The molecule has 0 atom stereocenters. The van der Waals surface area contributed by atoms with Crippen LogP contribution in [0.2, 0.25) is 0 Å². The van der Waals surface area contributed by atoms with E-state index in [2.05, 4.69) is 268 Å². The van der Waals surface area contributed by atoms with Crippen molar-refractivity contribution < 1.29 is 0 Å². The standard InChI is InChI=1S/C77H48N6/c78-49-50-18-17-23-55(44-50)56-38-43-75-67(45-56)64-28-11-16-33-74(64)83(75)76-65(51-34-39-58(40-35-51)81-70-29-12-7-24-60(70)61-25-8-13-30-71(61)81)46-57(69-48-68(53-19-3-1-4-20-53)79-77(80-69)54-21-5-2-6-22-54)47-66(76)52-36-41-59(42-37-52)82-72-31-14-9-26-62(72)63-27-10-15-32-73(63)82/h1-48H. The number of nitriles is 1. The largest absolute Gasteiger partial charge is 0.309 e.